The summed E-state index contributed by atoms with van der Waals surface area (Å²) in [4.78, 5) is 0. The molecule has 16 heavy (non-hydrogen) atoms. The van der Waals surface area contributed by atoms with Crippen LogP contribution in [-0.2, 0) is 4.74 Å². The molecule has 1 nitrogen and oxygen atoms in total. The molecule has 0 radical (unpaired) electrons. The molecular formula is C15H30O. The van der Waals surface area contributed by atoms with Crippen molar-refractivity contribution in [1.82, 2.24) is 0 Å². The number of hydrogen-bond donors (Lipinski definition) is 0. The number of rotatable bonds is 3. The van der Waals surface area contributed by atoms with Crippen LogP contribution in [0.5, 0.6) is 0 Å². The molecule has 0 spiro atoms. The maximum atomic E-state index is 6.11. The molecule has 0 aromatic heterocycles. The third-order valence-electron chi connectivity index (χ3n) is 4.24. The lowest BCUT2D eigenvalue weighted by Crippen LogP contribution is -2.32. The van der Waals surface area contributed by atoms with Gasteiger partial charge in [0.25, 0.3) is 0 Å². The van der Waals surface area contributed by atoms with E-state index in [4.69, 9.17) is 4.74 Å². The van der Waals surface area contributed by atoms with Crippen LogP contribution in [-0.4, -0.2) is 12.2 Å². The van der Waals surface area contributed by atoms with Gasteiger partial charge in [0.15, 0.2) is 0 Å². The summed E-state index contributed by atoms with van der Waals surface area (Å²) in [5.41, 5.74) is 0.481. The van der Waals surface area contributed by atoms with Crippen molar-refractivity contribution in [3.8, 4) is 0 Å². The summed E-state index contributed by atoms with van der Waals surface area (Å²) < 4.78 is 6.11. The van der Waals surface area contributed by atoms with Crippen LogP contribution < -0.4 is 0 Å². The van der Waals surface area contributed by atoms with Crippen LogP contribution in [0.1, 0.15) is 67.2 Å². The normalized spacial score (nSPS) is 29.4. The van der Waals surface area contributed by atoms with E-state index in [0.29, 0.717) is 23.5 Å². The van der Waals surface area contributed by atoms with Gasteiger partial charge in [0.05, 0.1) is 12.2 Å². The van der Waals surface area contributed by atoms with E-state index in [1.807, 2.05) is 0 Å². The molecule has 1 fully saturated rings. The lowest BCUT2D eigenvalue weighted by atomic mass is 9.72. The minimum absolute atomic E-state index is 0.413. The zero-order chi connectivity index (χ0) is 12.3. The van der Waals surface area contributed by atoms with Gasteiger partial charge >= 0.3 is 0 Å². The highest BCUT2D eigenvalue weighted by Crippen LogP contribution is 2.38. The van der Waals surface area contributed by atoms with E-state index in [2.05, 4.69) is 41.5 Å². The standard InChI is InChI=1S/C15H30O/c1-11(2)12(3)16-14-9-7-13(8-10-14)15(4,5)6/h11-14H,7-10H2,1-6H3. The first-order valence-electron chi connectivity index (χ1n) is 6.96. The van der Waals surface area contributed by atoms with Gasteiger partial charge < -0.3 is 4.74 Å². The molecule has 0 saturated heterocycles. The van der Waals surface area contributed by atoms with E-state index in [9.17, 15) is 0 Å². The molecule has 1 unspecified atom stereocenters. The van der Waals surface area contributed by atoms with Gasteiger partial charge in [-0.25, -0.2) is 0 Å². The highest BCUT2D eigenvalue weighted by molar-refractivity contribution is 4.81. The zero-order valence-electron chi connectivity index (χ0n) is 12.0. The van der Waals surface area contributed by atoms with Crippen LogP contribution in [0.4, 0.5) is 0 Å². The van der Waals surface area contributed by atoms with Gasteiger partial charge in [-0.1, -0.05) is 34.6 Å². The molecule has 0 aromatic rings. The second-order valence-electron chi connectivity index (χ2n) is 6.92. The molecule has 1 atom stereocenters. The molecule has 0 amide bonds. The topological polar surface area (TPSA) is 9.23 Å². The van der Waals surface area contributed by atoms with Gasteiger partial charge in [-0.2, -0.15) is 0 Å². The first-order valence-corrected chi connectivity index (χ1v) is 6.96. The molecule has 0 bridgehead atoms. The van der Waals surface area contributed by atoms with E-state index in [1.165, 1.54) is 25.7 Å². The molecule has 96 valence electrons. The van der Waals surface area contributed by atoms with E-state index in [1.54, 1.807) is 0 Å². The summed E-state index contributed by atoms with van der Waals surface area (Å²) in [6.45, 7) is 13.8. The first-order chi connectivity index (χ1) is 7.30. The molecular weight excluding hydrogens is 196 g/mol. The van der Waals surface area contributed by atoms with Crippen molar-refractivity contribution in [2.75, 3.05) is 0 Å². The number of hydrogen-bond acceptors (Lipinski definition) is 1. The van der Waals surface area contributed by atoms with Crippen molar-refractivity contribution >= 4 is 0 Å². The molecule has 1 aliphatic carbocycles. The monoisotopic (exact) mass is 226 g/mol. The minimum atomic E-state index is 0.413. The Kier molecular flexibility index (Phi) is 4.85. The summed E-state index contributed by atoms with van der Waals surface area (Å²) in [6, 6.07) is 0. The summed E-state index contributed by atoms with van der Waals surface area (Å²) in [7, 11) is 0. The lowest BCUT2D eigenvalue weighted by molar-refractivity contribution is -0.0541. The van der Waals surface area contributed by atoms with Gasteiger partial charge in [-0.15, -0.1) is 0 Å². The average molecular weight is 226 g/mol. The smallest absolute Gasteiger partial charge is 0.0579 e. The van der Waals surface area contributed by atoms with E-state index in [0.717, 1.165) is 5.92 Å². The highest BCUT2D eigenvalue weighted by Gasteiger charge is 2.30. The zero-order valence-corrected chi connectivity index (χ0v) is 12.0. The van der Waals surface area contributed by atoms with Gasteiger partial charge in [0.1, 0.15) is 0 Å². The van der Waals surface area contributed by atoms with Crippen molar-refractivity contribution in [1.29, 1.82) is 0 Å². The van der Waals surface area contributed by atoms with E-state index < -0.39 is 0 Å². The second-order valence-corrected chi connectivity index (χ2v) is 6.92. The lowest BCUT2D eigenvalue weighted by Gasteiger charge is -2.38. The molecule has 0 aromatic carbocycles. The summed E-state index contributed by atoms with van der Waals surface area (Å²) in [6.07, 6.45) is 6.16. The van der Waals surface area contributed by atoms with E-state index >= 15 is 0 Å². The Morgan fingerprint density at radius 1 is 0.938 bits per heavy atom. The highest BCUT2D eigenvalue weighted by atomic mass is 16.5. The predicted molar refractivity (Wildman–Crippen MR) is 70.6 cm³/mol. The van der Waals surface area contributed by atoms with Crippen molar-refractivity contribution in [3.05, 3.63) is 0 Å². The molecule has 0 N–H and O–H groups in total. The van der Waals surface area contributed by atoms with Crippen LogP contribution in [0.3, 0.4) is 0 Å². The van der Waals surface area contributed by atoms with Crippen LogP contribution in [0.15, 0.2) is 0 Å². The van der Waals surface area contributed by atoms with Crippen LogP contribution in [0.2, 0.25) is 0 Å². The third-order valence-corrected chi connectivity index (χ3v) is 4.24. The van der Waals surface area contributed by atoms with Crippen molar-refractivity contribution in [3.63, 3.8) is 0 Å². The third kappa shape index (κ3) is 4.08. The quantitative estimate of drug-likeness (QED) is 0.680. The molecule has 1 rings (SSSR count). The van der Waals surface area contributed by atoms with Crippen molar-refractivity contribution in [2.45, 2.75) is 79.4 Å². The molecule has 1 saturated carbocycles. The molecule has 1 heteroatoms. The van der Waals surface area contributed by atoms with Gasteiger partial charge in [-0.3, -0.25) is 0 Å². The first kappa shape index (κ1) is 14.0. The Hall–Kier alpha value is -0.0400. The minimum Gasteiger partial charge on any atom is -0.375 e. The van der Waals surface area contributed by atoms with Crippen LogP contribution >= 0.6 is 0 Å². The SMILES string of the molecule is CC(C)C(C)OC1CCC(C(C)(C)C)CC1. The summed E-state index contributed by atoms with van der Waals surface area (Å²) in [5.74, 6) is 1.53. The second kappa shape index (κ2) is 5.53. The van der Waals surface area contributed by atoms with Crippen molar-refractivity contribution in [2.24, 2.45) is 17.3 Å². The Morgan fingerprint density at radius 2 is 1.44 bits per heavy atom. The van der Waals surface area contributed by atoms with Crippen LogP contribution in [0.25, 0.3) is 0 Å². The maximum Gasteiger partial charge on any atom is 0.0579 e. The van der Waals surface area contributed by atoms with Crippen LogP contribution in [0, 0.1) is 17.3 Å². The molecule has 1 aliphatic rings. The fraction of sp³-hybridized carbons (Fsp3) is 1.00. The predicted octanol–water partition coefficient (Wildman–Crippen LogP) is 4.65. The maximum absolute atomic E-state index is 6.11. The Bertz CT molecular complexity index is 194. The fourth-order valence-electron chi connectivity index (χ4n) is 2.53. The summed E-state index contributed by atoms with van der Waals surface area (Å²) in [5, 5.41) is 0. The van der Waals surface area contributed by atoms with E-state index in [-0.39, 0.29) is 0 Å². The molecule has 0 aliphatic heterocycles. The Balaban J connectivity index is 2.32. The fourth-order valence-corrected chi connectivity index (χ4v) is 2.53. The number of ether oxygens (including phenoxy) is 1. The molecule has 0 heterocycles. The Morgan fingerprint density at radius 3 is 1.81 bits per heavy atom. The van der Waals surface area contributed by atoms with Gasteiger partial charge in [-0.05, 0) is 49.9 Å². The van der Waals surface area contributed by atoms with Gasteiger partial charge in [0.2, 0.25) is 0 Å². The summed E-state index contributed by atoms with van der Waals surface area (Å²) >= 11 is 0. The Labute approximate surface area is 102 Å². The van der Waals surface area contributed by atoms with Crippen molar-refractivity contribution < 1.29 is 4.74 Å². The largest absolute Gasteiger partial charge is 0.375 e. The van der Waals surface area contributed by atoms with Gasteiger partial charge in [0, 0.05) is 0 Å². The average Bonchev–Trinajstić information content (AvgIpc) is 2.17.